The first-order valence-corrected chi connectivity index (χ1v) is 8.22. The molecule has 1 nitrogen and oxygen atoms in total. The largest absolute Gasteiger partial charge is 0.306 e. The zero-order chi connectivity index (χ0) is 13.0. The van der Waals surface area contributed by atoms with Crippen LogP contribution in [0.3, 0.4) is 0 Å². The van der Waals surface area contributed by atoms with Gasteiger partial charge in [-0.05, 0) is 65.4 Å². The highest BCUT2D eigenvalue weighted by atomic mass is 127. The van der Waals surface area contributed by atoms with E-state index in [1.54, 1.807) is 11.3 Å². The van der Waals surface area contributed by atoms with Crippen LogP contribution in [0.1, 0.15) is 29.8 Å². The summed E-state index contributed by atoms with van der Waals surface area (Å²) in [6.07, 6.45) is 1.12. The average Bonchev–Trinajstić information content (AvgIpc) is 2.78. The third kappa shape index (κ3) is 3.70. The standard InChI is InChI=1S/C14H15ClINS/c1-2-9-17-14(12-7-8-13(15)18-12)10-3-5-11(16)6-4-10/h3-8,14,17H,2,9H2,1H3. The maximum absolute atomic E-state index is 6.04. The van der Waals surface area contributed by atoms with Gasteiger partial charge in [0.1, 0.15) is 0 Å². The lowest BCUT2D eigenvalue weighted by Gasteiger charge is -2.17. The lowest BCUT2D eigenvalue weighted by Crippen LogP contribution is -2.22. The molecule has 4 heteroatoms. The molecule has 0 aliphatic rings. The fourth-order valence-electron chi connectivity index (χ4n) is 1.81. The van der Waals surface area contributed by atoms with Crippen molar-refractivity contribution >= 4 is 45.5 Å². The maximum atomic E-state index is 6.04. The highest BCUT2D eigenvalue weighted by molar-refractivity contribution is 14.1. The van der Waals surface area contributed by atoms with Crippen LogP contribution in [-0.2, 0) is 0 Å². The summed E-state index contributed by atoms with van der Waals surface area (Å²) in [6, 6.07) is 13.0. The molecule has 0 bridgehead atoms. The fourth-order valence-corrected chi connectivity index (χ4v) is 3.33. The average molecular weight is 392 g/mol. The van der Waals surface area contributed by atoms with E-state index in [0.717, 1.165) is 17.3 Å². The highest BCUT2D eigenvalue weighted by Crippen LogP contribution is 2.31. The SMILES string of the molecule is CCCNC(c1ccc(I)cc1)c1ccc(Cl)s1. The van der Waals surface area contributed by atoms with Crippen LogP contribution < -0.4 is 5.32 Å². The van der Waals surface area contributed by atoms with Crippen LogP contribution in [-0.4, -0.2) is 6.54 Å². The second-order valence-corrected chi connectivity index (χ2v) is 7.07. The van der Waals surface area contributed by atoms with Crippen LogP contribution in [0, 0.1) is 3.57 Å². The number of halogens is 2. The van der Waals surface area contributed by atoms with Gasteiger partial charge in [0.05, 0.1) is 10.4 Å². The van der Waals surface area contributed by atoms with Gasteiger partial charge in [0, 0.05) is 8.45 Å². The topological polar surface area (TPSA) is 12.0 Å². The Labute approximate surface area is 131 Å². The third-order valence-corrected chi connectivity index (χ3v) is 4.70. The van der Waals surface area contributed by atoms with Gasteiger partial charge < -0.3 is 5.32 Å². The van der Waals surface area contributed by atoms with Crippen molar-refractivity contribution in [3.63, 3.8) is 0 Å². The molecule has 0 aliphatic heterocycles. The molecule has 0 saturated heterocycles. The molecular formula is C14H15ClINS. The van der Waals surface area contributed by atoms with Gasteiger partial charge in [-0.15, -0.1) is 11.3 Å². The molecule has 0 radical (unpaired) electrons. The minimum atomic E-state index is 0.249. The van der Waals surface area contributed by atoms with E-state index in [9.17, 15) is 0 Å². The first-order valence-electron chi connectivity index (χ1n) is 5.94. The Morgan fingerprint density at radius 2 is 1.94 bits per heavy atom. The Morgan fingerprint density at radius 3 is 2.50 bits per heavy atom. The highest BCUT2D eigenvalue weighted by Gasteiger charge is 2.15. The predicted octanol–water partition coefficient (Wildman–Crippen LogP) is 5.10. The number of nitrogens with one attached hydrogen (secondary N) is 1. The van der Waals surface area contributed by atoms with Crippen LogP contribution in [0.4, 0.5) is 0 Å². The monoisotopic (exact) mass is 391 g/mol. The number of thiophene rings is 1. The molecule has 1 heterocycles. The second kappa shape index (κ2) is 6.89. The summed E-state index contributed by atoms with van der Waals surface area (Å²) >= 11 is 10.0. The van der Waals surface area contributed by atoms with E-state index in [1.165, 1.54) is 14.0 Å². The van der Waals surface area contributed by atoms with Gasteiger partial charge in [-0.25, -0.2) is 0 Å². The van der Waals surface area contributed by atoms with Gasteiger partial charge in [0.25, 0.3) is 0 Å². The summed E-state index contributed by atoms with van der Waals surface area (Å²) in [7, 11) is 0. The van der Waals surface area contributed by atoms with E-state index >= 15 is 0 Å². The molecule has 1 unspecified atom stereocenters. The molecule has 1 aromatic heterocycles. The second-order valence-electron chi connectivity index (χ2n) is 4.08. The molecule has 0 aliphatic carbocycles. The molecule has 0 saturated carbocycles. The Kier molecular flexibility index (Phi) is 5.48. The molecule has 2 aromatic rings. The van der Waals surface area contributed by atoms with Crippen LogP contribution in [0.2, 0.25) is 4.34 Å². The van der Waals surface area contributed by atoms with E-state index < -0.39 is 0 Å². The number of hydrogen-bond acceptors (Lipinski definition) is 2. The lowest BCUT2D eigenvalue weighted by molar-refractivity contribution is 0.606. The first-order chi connectivity index (χ1) is 8.70. The summed E-state index contributed by atoms with van der Waals surface area (Å²) in [4.78, 5) is 1.27. The Hall–Kier alpha value is -0.100. The summed E-state index contributed by atoms with van der Waals surface area (Å²) in [5.74, 6) is 0. The maximum Gasteiger partial charge on any atom is 0.0931 e. The molecule has 0 spiro atoms. The van der Waals surface area contributed by atoms with E-state index in [2.05, 4.69) is 65.2 Å². The van der Waals surface area contributed by atoms with Crippen molar-refractivity contribution in [2.75, 3.05) is 6.54 Å². The molecule has 1 atom stereocenters. The van der Waals surface area contributed by atoms with Gasteiger partial charge >= 0.3 is 0 Å². The zero-order valence-corrected chi connectivity index (χ0v) is 13.8. The van der Waals surface area contributed by atoms with Gasteiger partial charge in [-0.3, -0.25) is 0 Å². The lowest BCUT2D eigenvalue weighted by atomic mass is 10.1. The smallest absolute Gasteiger partial charge is 0.0931 e. The minimum Gasteiger partial charge on any atom is -0.306 e. The van der Waals surface area contributed by atoms with Gasteiger partial charge in [-0.2, -0.15) is 0 Å². The van der Waals surface area contributed by atoms with E-state index in [4.69, 9.17) is 11.6 Å². The molecule has 0 amide bonds. The van der Waals surface area contributed by atoms with Crippen molar-refractivity contribution in [3.8, 4) is 0 Å². The molecule has 1 N–H and O–H groups in total. The molecule has 96 valence electrons. The van der Waals surface area contributed by atoms with Crippen molar-refractivity contribution in [1.82, 2.24) is 5.32 Å². The number of rotatable bonds is 5. The van der Waals surface area contributed by atoms with Crippen molar-refractivity contribution in [1.29, 1.82) is 0 Å². The molecular weight excluding hydrogens is 377 g/mol. The fraction of sp³-hybridized carbons (Fsp3) is 0.286. The van der Waals surface area contributed by atoms with Crippen LogP contribution in [0.25, 0.3) is 0 Å². The van der Waals surface area contributed by atoms with Gasteiger partial charge in [0.15, 0.2) is 0 Å². The summed E-state index contributed by atoms with van der Waals surface area (Å²) in [5.41, 5.74) is 1.29. The number of hydrogen-bond donors (Lipinski definition) is 1. The van der Waals surface area contributed by atoms with E-state index in [0.29, 0.717) is 0 Å². The minimum absolute atomic E-state index is 0.249. The number of benzene rings is 1. The summed E-state index contributed by atoms with van der Waals surface area (Å²) in [5, 5.41) is 3.58. The molecule has 0 fully saturated rings. The van der Waals surface area contributed by atoms with Crippen molar-refractivity contribution in [3.05, 3.63) is 54.7 Å². The summed E-state index contributed by atoms with van der Waals surface area (Å²) < 4.78 is 2.11. The van der Waals surface area contributed by atoms with E-state index in [1.807, 2.05) is 6.07 Å². The van der Waals surface area contributed by atoms with Crippen LogP contribution in [0.5, 0.6) is 0 Å². The molecule has 18 heavy (non-hydrogen) atoms. The Morgan fingerprint density at radius 1 is 1.22 bits per heavy atom. The van der Waals surface area contributed by atoms with Crippen molar-refractivity contribution in [2.24, 2.45) is 0 Å². The first kappa shape index (κ1) is 14.3. The quantitative estimate of drug-likeness (QED) is 0.700. The van der Waals surface area contributed by atoms with E-state index in [-0.39, 0.29) is 6.04 Å². The predicted molar refractivity (Wildman–Crippen MR) is 88.6 cm³/mol. The van der Waals surface area contributed by atoms with Gasteiger partial charge in [0.2, 0.25) is 0 Å². The van der Waals surface area contributed by atoms with Crippen LogP contribution in [0.15, 0.2) is 36.4 Å². The Balaban J connectivity index is 2.27. The van der Waals surface area contributed by atoms with Crippen LogP contribution >= 0.6 is 45.5 Å². The normalized spacial score (nSPS) is 12.6. The van der Waals surface area contributed by atoms with Gasteiger partial charge in [-0.1, -0.05) is 30.7 Å². The van der Waals surface area contributed by atoms with Crippen molar-refractivity contribution in [2.45, 2.75) is 19.4 Å². The summed E-state index contributed by atoms with van der Waals surface area (Å²) in [6.45, 7) is 3.19. The molecule has 1 aromatic carbocycles. The van der Waals surface area contributed by atoms with Crippen molar-refractivity contribution < 1.29 is 0 Å². The third-order valence-electron chi connectivity index (χ3n) is 2.68. The Bertz CT molecular complexity index is 495. The zero-order valence-electron chi connectivity index (χ0n) is 10.1. The molecule has 2 rings (SSSR count).